The number of aliphatic carboxylic acids is 1. The molecule has 0 bridgehead atoms. The Kier molecular flexibility index (Phi) is 4.83. The molecule has 20 heavy (non-hydrogen) atoms. The molecule has 110 valence electrons. The van der Waals surface area contributed by atoms with E-state index in [0.717, 1.165) is 0 Å². The van der Waals surface area contributed by atoms with Gasteiger partial charge in [-0.15, -0.1) is 0 Å². The normalized spacial score (nSPS) is 14.4. The summed E-state index contributed by atoms with van der Waals surface area (Å²) in [5.41, 5.74) is 3.28. The molecule has 0 aliphatic rings. The van der Waals surface area contributed by atoms with Gasteiger partial charge in [0.25, 0.3) is 0 Å². The molecule has 0 unspecified atom stereocenters. The van der Waals surface area contributed by atoms with Crippen LogP contribution in [0.1, 0.15) is 32.4 Å². The van der Waals surface area contributed by atoms with Crippen LogP contribution < -0.4 is 10.8 Å². The minimum Gasteiger partial charge on any atom is -0.549 e. The van der Waals surface area contributed by atoms with Crippen LogP contribution in [0.4, 0.5) is 4.39 Å². The second-order valence-electron chi connectivity index (χ2n) is 5.49. The van der Waals surface area contributed by atoms with Crippen molar-refractivity contribution in [1.29, 1.82) is 0 Å². The van der Waals surface area contributed by atoms with Gasteiger partial charge in [0.1, 0.15) is 17.5 Å². The maximum absolute atomic E-state index is 12.9. The van der Waals surface area contributed by atoms with E-state index in [4.69, 9.17) is 4.74 Å². The molecule has 5 nitrogen and oxygen atoms in total. The SMILES string of the molecule is CC(C)(C)OC(=O)[C@H](C(=O)[O-])[C@@H]([NH3+])c1ccc(F)cc1. The van der Waals surface area contributed by atoms with Gasteiger partial charge in [0.05, 0.1) is 5.97 Å². The number of hydrogen-bond acceptors (Lipinski definition) is 4. The third-order valence-corrected chi connectivity index (χ3v) is 2.62. The fraction of sp³-hybridized carbons (Fsp3) is 0.429. The molecule has 0 saturated heterocycles. The largest absolute Gasteiger partial charge is 0.549 e. The summed E-state index contributed by atoms with van der Waals surface area (Å²) in [5, 5.41) is 11.2. The van der Waals surface area contributed by atoms with Crippen LogP contribution in [0.2, 0.25) is 0 Å². The highest BCUT2D eigenvalue weighted by atomic mass is 19.1. The Hall–Kier alpha value is -1.95. The Morgan fingerprint density at radius 3 is 2.15 bits per heavy atom. The number of benzene rings is 1. The number of halogens is 1. The second kappa shape index (κ2) is 6.00. The molecule has 0 saturated carbocycles. The van der Waals surface area contributed by atoms with Gasteiger partial charge in [-0.25, -0.2) is 4.39 Å². The summed E-state index contributed by atoms with van der Waals surface area (Å²) in [7, 11) is 0. The van der Waals surface area contributed by atoms with E-state index in [2.05, 4.69) is 5.73 Å². The molecule has 0 heterocycles. The third-order valence-electron chi connectivity index (χ3n) is 2.62. The van der Waals surface area contributed by atoms with E-state index in [1.165, 1.54) is 24.3 Å². The smallest absolute Gasteiger partial charge is 0.321 e. The Bertz CT molecular complexity index is 493. The van der Waals surface area contributed by atoms with E-state index >= 15 is 0 Å². The quantitative estimate of drug-likeness (QED) is 0.612. The summed E-state index contributed by atoms with van der Waals surface area (Å²) >= 11 is 0. The third kappa shape index (κ3) is 4.31. The van der Waals surface area contributed by atoms with Gasteiger partial charge >= 0.3 is 5.97 Å². The van der Waals surface area contributed by atoms with Crippen LogP contribution in [-0.2, 0) is 14.3 Å². The topological polar surface area (TPSA) is 94.1 Å². The van der Waals surface area contributed by atoms with Crippen LogP contribution in [0.15, 0.2) is 24.3 Å². The lowest BCUT2D eigenvalue weighted by atomic mass is 9.93. The van der Waals surface area contributed by atoms with Crippen LogP contribution in [-0.4, -0.2) is 17.5 Å². The molecule has 0 aliphatic heterocycles. The van der Waals surface area contributed by atoms with E-state index in [0.29, 0.717) is 5.56 Å². The van der Waals surface area contributed by atoms with Crippen LogP contribution in [0.5, 0.6) is 0 Å². The van der Waals surface area contributed by atoms with E-state index in [-0.39, 0.29) is 0 Å². The number of hydrogen-bond donors (Lipinski definition) is 1. The number of rotatable bonds is 4. The molecule has 1 rings (SSSR count). The van der Waals surface area contributed by atoms with E-state index < -0.39 is 35.3 Å². The van der Waals surface area contributed by atoms with E-state index in [1.807, 2.05) is 0 Å². The first kappa shape index (κ1) is 16.1. The number of quaternary nitrogens is 1. The van der Waals surface area contributed by atoms with Gasteiger partial charge < -0.3 is 20.4 Å². The molecular weight excluding hydrogens is 265 g/mol. The predicted octanol–water partition coefficient (Wildman–Crippen LogP) is -0.183. The molecule has 0 aliphatic carbocycles. The molecule has 1 aromatic rings. The predicted molar refractivity (Wildman–Crippen MR) is 66.4 cm³/mol. The average Bonchev–Trinajstić information content (AvgIpc) is 2.26. The first-order valence-electron chi connectivity index (χ1n) is 6.14. The first-order chi connectivity index (χ1) is 9.11. The van der Waals surface area contributed by atoms with Crippen molar-refractivity contribution in [1.82, 2.24) is 0 Å². The highest BCUT2D eigenvalue weighted by Gasteiger charge is 2.34. The maximum atomic E-state index is 12.9. The second-order valence-corrected chi connectivity index (χ2v) is 5.49. The van der Waals surface area contributed by atoms with Crippen LogP contribution in [0, 0.1) is 11.7 Å². The summed E-state index contributed by atoms with van der Waals surface area (Å²) in [4.78, 5) is 23.1. The maximum Gasteiger partial charge on any atom is 0.321 e. The summed E-state index contributed by atoms with van der Waals surface area (Å²) in [6, 6.07) is 4.19. The minimum atomic E-state index is -1.57. The van der Waals surface area contributed by atoms with Crippen LogP contribution in [0.25, 0.3) is 0 Å². The van der Waals surface area contributed by atoms with Crippen molar-refractivity contribution in [3.8, 4) is 0 Å². The first-order valence-corrected chi connectivity index (χ1v) is 6.14. The van der Waals surface area contributed by atoms with Crippen molar-refractivity contribution < 1.29 is 29.6 Å². The highest BCUT2D eigenvalue weighted by molar-refractivity contribution is 5.93. The molecule has 1 aromatic carbocycles. The van der Waals surface area contributed by atoms with Crippen molar-refractivity contribution in [3.05, 3.63) is 35.6 Å². The Labute approximate surface area is 116 Å². The number of carbonyl (C=O) groups is 2. The molecule has 0 spiro atoms. The van der Waals surface area contributed by atoms with Crippen LogP contribution in [0.3, 0.4) is 0 Å². The standard InChI is InChI=1S/C14H18FNO4/c1-14(2,3)20-13(19)10(12(17)18)11(16)8-4-6-9(15)7-5-8/h4-7,10-11H,16H2,1-3H3,(H,17,18)/t10-,11-/m0/s1. The molecule has 2 atom stereocenters. The Balaban J connectivity index is 2.99. The molecule has 0 radical (unpaired) electrons. The summed E-state index contributed by atoms with van der Waals surface area (Å²) in [6.45, 7) is 4.90. The lowest BCUT2D eigenvalue weighted by molar-refractivity contribution is -0.440. The van der Waals surface area contributed by atoms with Crippen molar-refractivity contribution in [2.45, 2.75) is 32.4 Å². The monoisotopic (exact) mass is 283 g/mol. The zero-order valence-electron chi connectivity index (χ0n) is 11.7. The van der Waals surface area contributed by atoms with Crippen molar-refractivity contribution >= 4 is 11.9 Å². The zero-order chi connectivity index (χ0) is 15.5. The number of carbonyl (C=O) groups excluding carboxylic acids is 2. The average molecular weight is 283 g/mol. The van der Waals surface area contributed by atoms with Gasteiger partial charge in [-0.05, 0) is 32.9 Å². The highest BCUT2D eigenvalue weighted by Crippen LogP contribution is 2.21. The van der Waals surface area contributed by atoms with Gasteiger partial charge in [-0.1, -0.05) is 12.1 Å². The van der Waals surface area contributed by atoms with Crippen LogP contribution >= 0.6 is 0 Å². The van der Waals surface area contributed by atoms with Gasteiger partial charge in [-0.3, -0.25) is 4.79 Å². The van der Waals surface area contributed by atoms with Crippen molar-refractivity contribution in [2.75, 3.05) is 0 Å². The van der Waals surface area contributed by atoms with Crippen molar-refractivity contribution in [3.63, 3.8) is 0 Å². The van der Waals surface area contributed by atoms with Gasteiger partial charge in [0.2, 0.25) is 0 Å². The number of carboxylic acids is 1. The molecule has 6 heteroatoms. The summed E-state index contributed by atoms with van der Waals surface area (Å²) in [6.07, 6.45) is 0. The molecule has 0 aromatic heterocycles. The number of carboxylic acid groups (broad SMARTS) is 1. The summed E-state index contributed by atoms with van der Waals surface area (Å²) in [5.74, 6) is -4.48. The lowest BCUT2D eigenvalue weighted by Crippen LogP contribution is -2.62. The number of esters is 1. The van der Waals surface area contributed by atoms with E-state index in [9.17, 15) is 19.1 Å². The molecule has 3 N–H and O–H groups in total. The minimum absolute atomic E-state index is 0.423. The Morgan fingerprint density at radius 1 is 1.25 bits per heavy atom. The van der Waals surface area contributed by atoms with Gasteiger partial charge in [0.15, 0.2) is 5.92 Å². The summed E-state index contributed by atoms with van der Waals surface area (Å²) < 4.78 is 17.9. The fourth-order valence-corrected chi connectivity index (χ4v) is 1.69. The number of ether oxygens (including phenoxy) is 1. The fourth-order valence-electron chi connectivity index (χ4n) is 1.69. The van der Waals surface area contributed by atoms with Crippen molar-refractivity contribution in [2.24, 2.45) is 5.92 Å². The zero-order valence-corrected chi connectivity index (χ0v) is 11.7. The molecule has 0 fully saturated rings. The van der Waals surface area contributed by atoms with Gasteiger partial charge in [-0.2, -0.15) is 0 Å². The molecular formula is C14H18FNO4. The van der Waals surface area contributed by atoms with E-state index in [1.54, 1.807) is 20.8 Å². The Morgan fingerprint density at radius 2 is 1.75 bits per heavy atom. The lowest BCUT2D eigenvalue weighted by Gasteiger charge is -2.26. The molecule has 0 amide bonds. The van der Waals surface area contributed by atoms with Gasteiger partial charge in [0, 0.05) is 5.56 Å².